The molecule has 0 heterocycles. The van der Waals surface area contributed by atoms with Gasteiger partial charge >= 0.3 is 0 Å². The van der Waals surface area contributed by atoms with E-state index in [9.17, 15) is 4.79 Å². The highest BCUT2D eigenvalue weighted by molar-refractivity contribution is 7.99. The van der Waals surface area contributed by atoms with E-state index in [0.717, 1.165) is 42.9 Å². The third kappa shape index (κ3) is 6.21. The third-order valence-corrected chi connectivity index (χ3v) is 5.04. The molecule has 132 valence electrons. The first-order valence-corrected chi connectivity index (χ1v) is 9.73. The molecule has 1 aliphatic rings. The standard InChI is InChI=1S/C18H31NO3S/c1-6-9-15(19-22-7-2)18-16(20)11-14(12-17(18)21-5)10-13(4)23-8-3/h13-14H,6-12H2,1-5H3. The first-order chi connectivity index (χ1) is 11.1. The van der Waals surface area contributed by atoms with Crippen LogP contribution in [-0.2, 0) is 14.4 Å². The molecule has 0 aromatic rings. The molecule has 0 saturated heterocycles. The van der Waals surface area contributed by atoms with Crippen LogP contribution < -0.4 is 0 Å². The maximum Gasteiger partial charge on any atom is 0.168 e. The number of methoxy groups -OCH3 is 1. The summed E-state index contributed by atoms with van der Waals surface area (Å²) >= 11 is 1.95. The summed E-state index contributed by atoms with van der Waals surface area (Å²) < 4.78 is 5.57. The molecule has 23 heavy (non-hydrogen) atoms. The monoisotopic (exact) mass is 341 g/mol. The van der Waals surface area contributed by atoms with E-state index in [4.69, 9.17) is 9.57 Å². The quantitative estimate of drug-likeness (QED) is 0.431. The Balaban J connectivity index is 2.96. The second kappa shape index (κ2) is 10.7. The highest BCUT2D eigenvalue weighted by Crippen LogP contribution is 2.34. The van der Waals surface area contributed by atoms with Gasteiger partial charge in [0, 0.05) is 18.1 Å². The van der Waals surface area contributed by atoms with Crippen molar-refractivity contribution >= 4 is 23.3 Å². The van der Waals surface area contributed by atoms with Crippen LogP contribution in [0, 0.1) is 5.92 Å². The highest BCUT2D eigenvalue weighted by atomic mass is 32.2. The van der Waals surface area contributed by atoms with Gasteiger partial charge in [0.05, 0.1) is 18.4 Å². The summed E-state index contributed by atoms with van der Waals surface area (Å²) in [6.07, 6.45) is 4.12. The average molecular weight is 342 g/mol. The molecular weight excluding hydrogens is 310 g/mol. The van der Waals surface area contributed by atoms with Crippen LogP contribution in [0.4, 0.5) is 0 Å². The lowest BCUT2D eigenvalue weighted by Crippen LogP contribution is -2.26. The van der Waals surface area contributed by atoms with Gasteiger partial charge in [0.25, 0.3) is 0 Å². The van der Waals surface area contributed by atoms with Crippen LogP contribution in [-0.4, -0.2) is 36.2 Å². The molecule has 1 rings (SSSR count). The number of ketones is 1. The van der Waals surface area contributed by atoms with E-state index < -0.39 is 0 Å². The third-order valence-electron chi connectivity index (χ3n) is 3.95. The first-order valence-electron chi connectivity index (χ1n) is 8.68. The number of hydrogen-bond acceptors (Lipinski definition) is 5. The summed E-state index contributed by atoms with van der Waals surface area (Å²) in [7, 11) is 1.65. The first kappa shape index (κ1) is 20.1. The molecule has 0 bridgehead atoms. The topological polar surface area (TPSA) is 47.9 Å². The van der Waals surface area contributed by atoms with Crippen molar-refractivity contribution < 1.29 is 14.4 Å². The average Bonchev–Trinajstić information content (AvgIpc) is 2.51. The SMILES string of the molecule is CCCC(=NOCC)C1=C(OC)CC(CC(C)SCC)CC1=O. The van der Waals surface area contributed by atoms with Gasteiger partial charge in [0.15, 0.2) is 5.78 Å². The van der Waals surface area contributed by atoms with Crippen LogP contribution in [0.3, 0.4) is 0 Å². The summed E-state index contributed by atoms with van der Waals surface area (Å²) in [6, 6.07) is 0. The van der Waals surface area contributed by atoms with Crippen molar-refractivity contribution in [3.8, 4) is 0 Å². The Morgan fingerprint density at radius 2 is 2.09 bits per heavy atom. The zero-order valence-corrected chi connectivity index (χ0v) is 16.0. The summed E-state index contributed by atoms with van der Waals surface area (Å²) in [4.78, 5) is 17.9. The second-order valence-corrected chi connectivity index (χ2v) is 7.62. The predicted molar refractivity (Wildman–Crippen MR) is 97.9 cm³/mol. The van der Waals surface area contributed by atoms with E-state index in [1.165, 1.54) is 0 Å². The van der Waals surface area contributed by atoms with Gasteiger partial charge in [-0.05, 0) is 31.4 Å². The molecule has 0 aliphatic heterocycles. The Labute approximate surface area is 145 Å². The zero-order valence-electron chi connectivity index (χ0n) is 15.2. The minimum atomic E-state index is 0.152. The summed E-state index contributed by atoms with van der Waals surface area (Å²) in [5.41, 5.74) is 1.40. The number of allylic oxidation sites excluding steroid dienone is 2. The number of thioether (sulfide) groups is 1. The number of hydrogen-bond donors (Lipinski definition) is 0. The molecule has 5 heteroatoms. The van der Waals surface area contributed by atoms with Gasteiger partial charge in [-0.2, -0.15) is 11.8 Å². The summed E-state index contributed by atoms with van der Waals surface area (Å²) in [5.74, 6) is 2.41. The Bertz CT molecular complexity index is 446. The number of rotatable bonds is 10. The van der Waals surface area contributed by atoms with Gasteiger partial charge < -0.3 is 9.57 Å². The van der Waals surface area contributed by atoms with Gasteiger partial charge in [0.2, 0.25) is 0 Å². The largest absolute Gasteiger partial charge is 0.500 e. The fourth-order valence-corrected chi connectivity index (χ4v) is 4.02. The van der Waals surface area contributed by atoms with Gasteiger partial charge in [-0.1, -0.05) is 32.3 Å². The normalized spacial score (nSPS) is 20.7. The van der Waals surface area contributed by atoms with Crippen molar-refractivity contribution in [2.45, 2.75) is 65.0 Å². The van der Waals surface area contributed by atoms with Crippen LogP contribution >= 0.6 is 11.8 Å². The van der Waals surface area contributed by atoms with Crippen molar-refractivity contribution in [1.82, 2.24) is 0 Å². The molecule has 0 aromatic carbocycles. The molecule has 0 N–H and O–H groups in total. The van der Waals surface area contributed by atoms with Crippen molar-refractivity contribution in [2.24, 2.45) is 11.1 Å². The Kier molecular flexibility index (Phi) is 9.37. The molecule has 0 spiro atoms. The minimum Gasteiger partial charge on any atom is -0.500 e. The Hall–Kier alpha value is -0.970. The summed E-state index contributed by atoms with van der Waals surface area (Å²) in [5, 5.41) is 4.75. The van der Waals surface area contributed by atoms with E-state index in [1.807, 2.05) is 18.7 Å². The molecule has 0 amide bonds. The Morgan fingerprint density at radius 3 is 2.65 bits per heavy atom. The molecule has 0 fully saturated rings. The molecule has 0 radical (unpaired) electrons. The van der Waals surface area contributed by atoms with Crippen LogP contribution in [0.25, 0.3) is 0 Å². The van der Waals surface area contributed by atoms with E-state index in [1.54, 1.807) is 7.11 Å². The lowest BCUT2D eigenvalue weighted by molar-refractivity contribution is -0.117. The van der Waals surface area contributed by atoms with Crippen LogP contribution in [0.15, 0.2) is 16.5 Å². The fourth-order valence-electron chi connectivity index (χ4n) is 3.05. The van der Waals surface area contributed by atoms with Crippen molar-refractivity contribution in [2.75, 3.05) is 19.5 Å². The molecule has 4 nitrogen and oxygen atoms in total. The van der Waals surface area contributed by atoms with E-state index in [-0.39, 0.29) is 5.78 Å². The minimum absolute atomic E-state index is 0.152. The lowest BCUT2D eigenvalue weighted by Gasteiger charge is -2.27. The number of carbonyl (C=O) groups is 1. The number of oxime groups is 1. The summed E-state index contributed by atoms with van der Waals surface area (Å²) in [6.45, 7) is 8.89. The van der Waals surface area contributed by atoms with Crippen molar-refractivity contribution in [3.05, 3.63) is 11.3 Å². The van der Waals surface area contributed by atoms with Crippen LogP contribution in [0.2, 0.25) is 0 Å². The van der Waals surface area contributed by atoms with E-state index >= 15 is 0 Å². The fraction of sp³-hybridized carbons (Fsp3) is 0.778. The molecule has 2 unspecified atom stereocenters. The maximum atomic E-state index is 12.7. The predicted octanol–water partition coefficient (Wildman–Crippen LogP) is 4.59. The smallest absolute Gasteiger partial charge is 0.168 e. The van der Waals surface area contributed by atoms with Crippen molar-refractivity contribution in [1.29, 1.82) is 0 Å². The van der Waals surface area contributed by atoms with Crippen LogP contribution in [0.1, 0.15) is 59.8 Å². The Morgan fingerprint density at radius 1 is 1.35 bits per heavy atom. The second-order valence-electron chi connectivity index (χ2n) is 5.91. The van der Waals surface area contributed by atoms with Crippen LogP contribution in [0.5, 0.6) is 0 Å². The lowest BCUT2D eigenvalue weighted by atomic mass is 9.82. The molecule has 1 aliphatic carbocycles. The highest BCUT2D eigenvalue weighted by Gasteiger charge is 2.32. The molecule has 2 atom stereocenters. The molecular formula is C18H31NO3S. The van der Waals surface area contributed by atoms with Gasteiger partial charge in [-0.25, -0.2) is 0 Å². The van der Waals surface area contributed by atoms with Gasteiger partial charge in [0.1, 0.15) is 12.4 Å². The van der Waals surface area contributed by atoms with E-state index in [0.29, 0.717) is 29.8 Å². The van der Waals surface area contributed by atoms with Crippen molar-refractivity contribution in [3.63, 3.8) is 0 Å². The molecule has 0 aromatic heterocycles. The zero-order chi connectivity index (χ0) is 17.2. The van der Waals surface area contributed by atoms with Gasteiger partial charge in [-0.15, -0.1) is 0 Å². The number of Topliss-reactive ketones (excluding diaryl/α,β-unsaturated/α-hetero) is 1. The maximum absolute atomic E-state index is 12.7. The number of nitrogens with zero attached hydrogens (tertiary/aromatic N) is 1. The number of ether oxygens (including phenoxy) is 1. The van der Waals surface area contributed by atoms with E-state index in [2.05, 4.69) is 25.9 Å². The van der Waals surface area contributed by atoms with Gasteiger partial charge in [-0.3, -0.25) is 4.79 Å². The number of carbonyl (C=O) groups excluding carboxylic acids is 1. The molecule has 0 saturated carbocycles.